The molecule has 0 unspecified atom stereocenters. The Kier molecular flexibility index (Phi) is 9.65. The number of hydrogen-bond acceptors (Lipinski definition) is 3. The second-order valence-electron chi connectivity index (χ2n) is 9.30. The van der Waals surface area contributed by atoms with Gasteiger partial charge in [-0.1, -0.05) is 60.0 Å². The fourth-order valence-corrected chi connectivity index (χ4v) is 4.62. The van der Waals surface area contributed by atoms with Crippen molar-refractivity contribution in [1.29, 1.82) is 0 Å². The fourth-order valence-electron chi connectivity index (χ4n) is 3.65. The molecule has 0 aliphatic heterocycles. The van der Waals surface area contributed by atoms with Crippen LogP contribution in [0.15, 0.2) is 42.5 Å². The van der Waals surface area contributed by atoms with E-state index in [1.165, 1.54) is 16.7 Å². The van der Waals surface area contributed by atoms with Gasteiger partial charge in [0.2, 0.25) is 11.8 Å². The van der Waals surface area contributed by atoms with E-state index in [0.29, 0.717) is 23.7 Å². The van der Waals surface area contributed by atoms with Gasteiger partial charge >= 0.3 is 0 Å². The third-order valence-electron chi connectivity index (χ3n) is 4.93. The molecule has 0 bridgehead atoms. The summed E-state index contributed by atoms with van der Waals surface area (Å²) in [5.74, 6) is 0.917. The minimum Gasteiger partial charge on any atom is -0.350 e. The van der Waals surface area contributed by atoms with Crippen LogP contribution in [0.5, 0.6) is 0 Å². The fraction of sp³-hybridized carbons (Fsp3) is 0.462. The maximum Gasteiger partial charge on any atom is 0.243 e. The van der Waals surface area contributed by atoms with E-state index < -0.39 is 6.04 Å². The molecule has 1 atom stereocenters. The number of aryl methyl sites for hydroxylation is 2. The lowest BCUT2D eigenvalue weighted by atomic mass is 10.1. The first-order valence-corrected chi connectivity index (χ1v) is 12.5. The molecule has 0 saturated heterocycles. The molecule has 32 heavy (non-hydrogen) atoms. The predicted molar refractivity (Wildman–Crippen MR) is 136 cm³/mol. The van der Waals surface area contributed by atoms with E-state index in [0.717, 1.165) is 11.3 Å². The topological polar surface area (TPSA) is 49.4 Å². The van der Waals surface area contributed by atoms with Gasteiger partial charge in [-0.25, -0.2) is 0 Å². The summed E-state index contributed by atoms with van der Waals surface area (Å²) in [6, 6.07) is 13.4. The highest BCUT2D eigenvalue weighted by Crippen LogP contribution is 2.20. The van der Waals surface area contributed by atoms with Crippen LogP contribution >= 0.6 is 23.4 Å². The van der Waals surface area contributed by atoms with Crippen LogP contribution in [0.4, 0.5) is 0 Å². The zero-order valence-corrected chi connectivity index (χ0v) is 21.6. The van der Waals surface area contributed by atoms with Crippen molar-refractivity contribution in [2.45, 2.75) is 71.8 Å². The van der Waals surface area contributed by atoms with Crippen molar-refractivity contribution in [2.24, 2.45) is 0 Å². The van der Waals surface area contributed by atoms with Gasteiger partial charge in [-0.15, -0.1) is 11.8 Å². The molecular weight excluding hydrogens is 440 g/mol. The van der Waals surface area contributed by atoms with Crippen molar-refractivity contribution in [2.75, 3.05) is 5.75 Å². The van der Waals surface area contributed by atoms with Gasteiger partial charge < -0.3 is 10.2 Å². The smallest absolute Gasteiger partial charge is 0.243 e. The van der Waals surface area contributed by atoms with E-state index in [1.54, 1.807) is 16.7 Å². The van der Waals surface area contributed by atoms with Crippen LogP contribution in [0.3, 0.4) is 0 Å². The lowest BCUT2D eigenvalue weighted by Gasteiger charge is -2.33. The van der Waals surface area contributed by atoms with Gasteiger partial charge in [0.1, 0.15) is 6.04 Å². The third kappa shape index (κ3) is 8.51. The van der Waals surface area contributed by atoms with Crippen LogP contribution in [-0.2, 0) is 21.9 Å². The van der Waals surface area contributed by atoms with Gasteiger partial charge in [-0.3, -0.25) is 9.59 Å². The number of rotatable bonds is 9. The Morgan fingerprint density at radius 3 is 2.16 bits per heavy atom. The summed E-state index contributed by atoms with van der Waals surface area (Å²) in [5, 5.41) is 3.68. The van der Waals surface area contributed by atoms with Gasteiger partial charge in [0, 0.05) is 22.9 Å². The molecule has 0 aromatic heterocycles. The zero-order chi connectivity index (χ0) is 23.9. The van der Waals surface area contributed by atoms with Crippen molar-refractivity contribution >= 4 is 35.2 Å². The van der Waals surface area contributed by atoms with Crippen molar-refractivity contribution in [3.63, 3.8) is 0 Å². The number of thioether (sulfide) groups is 1. The molecular formula is C26H35ClN2O2S. The Balaban J connectivity index is 2.16. The molecule has 2 aromatic carbocycles. The number of amides is 2. The van der Waals surface area contributed by atoms with Crippen molar-refractivity contribution in [3.05, 3.63) is 69.7 Å². The molecule has 0 radical (unpaired) electrons. The summed E-state index contributed by atoms with van der Waals surface area (Å²) in [6.45, 7) is 12.3. The summed E-state index contributed by atoms with van der Waals surface area (Å²) in [4.78, 5) is 28.0. The highest BCUT2D eigenvalue weighted by Gasteiger charge is 2.30. The van der Waals surface area contributed by atoms with Gasteiger partial charge in [0.15, 0.2) is 0 Å². The van der Waals surface area contributed by atoms with Crippen LogP contribution in [-0.4, -0.2) is 34.0 Å². The number of hydrogen-bond donors (Lipinski definition) is 1. The number of carbonyl (C=O) groups excluding carboxylic acids is 2. The van der Waals surface area contributed by atoms with Crippen molar-refractivity contribution in [1.82, 2.24) is 10.2 Å². The van der Waals surface area contributed by atoms with Crippen molar-refractivity contribution in [3.8, 4) is 0 Å². The van der Waals surface area contributed by atoms with Crippen molar-refractivity contribution < 1.29 is 9.59 Å². The summed E-state index contributed by atoms with van der Waals surface area (Å²) in [6.07, 6.45) is 0.545. The maximum atomic E-state index is 13.3. The molecule has 0 heterocycles. The Morgan fingerprint density at radius 2 is 1.62 bits per heavy atom. The summed E-state index contributed by atoms with van der Waals surface area (Å²) < 4.78 is 0. The van der Waals surface area contributed by atoms with Crippen LogP contribution in [0.1, 0.15) is 56.4 Å². The average molecular weight is 475 g/mol. The minimum absolute atomic E-state index is 0.0368. The first kappa shape index (κ1) is 26.3. The Bertz CT molecular complexity index is 902. The summed E-state index contributed by atoms with van der Waals surface area (Å²) >= 11 is 7.61. The van der Waals surface area contributed by atoms with E-state index in [4.69, 9.17) is 11.6 Å². The summed E-state index contributed by atoms with van der Waals surface area (Å²) in [5.41, 5.74) is 4.24. The molecule has 6 heteroatoms. The number of carbonyl (C=O) groups is 2. The average Bonchev–Trinajstić information content (AvgIpc) is 2.67. The molecule has 0 fully saturated rings. The molecule has 4 nitrogen and oxygen atoms in total. The molecule has 1 N–H and O–H groups in total. The second kappa shape index (κ2) is 11.8. The lowest BCUT2D eigenvalue weighted by molar-refractivity contribution is -0.140. The molecule has 0 spiro atoms. The van der Waals surface area contributed by atoms with Gasteiger partial charge in [-0.2, -0.15) is 0 Å². The largest absolute Gasteiger partial charge is 0.350 e. The van der Waals surface area contributed by atoms with E-state index in [2.05, 4.69) is 37.4 Å². The first-order chi connectivity index (χ1) is 15.0. The normalized spacial score (nSPS) is 12.3. The van der Waals surface area contributed by atoms with E-state index in [1.807, 2.05) is 52.0 Å². The van der Waals surface area contributed by atoms with E-state index in [9.17, 15) is 9.59 Å². The SMILES string of the molecule is CC[C@@H](C(=O)NC(C)(C)C)N(Cc1ccc(Cl)cc1)C(=O)CSCc1cc(C)cc(C)c1. The Morgan fingerprint density at radius 1 is 1.03 bits per heavy atom. The van der Waals surface area contributed by atoms with E-state index in [-0.39, 0.29) is 17.4 Å². The highest BCUT2D eigenvalue weighted by atomic mass is 35.5. The molecule has 174 valence electrons. The molecule has 0 saturated carbocycles. The van der Waals surface area contributed by atoms with Crippen LogP contribution in [0.2, 0.25) is 5.02 Å². The minimum atomic E-state index is -0.529. The predicted octanol–water partition coefficient (Wildman–Crippen LogP) is 5.91. The molecule has 0 aliphatic carbocycles. The Labute approximate surface area is 202 Å². The highest BCUT2D eigenvalue weighted by molar-refractivity contribution is 7.99. The molecule has 0 aliphatic rings. The first-order valence-electron chi connectivity index (χ1n) is 11.0. The molecule has 2 amide bonds. The number of nitrogens with one attached hydrogen (secondary N) is 1. The molecule has 2 rings (SSSR count). The monoisotopic (exact) mass is 474 g/mol. The van der Waals surface area contributed by atoms with E-state index >= 15 is 0 Å². The third-order valence-corrected chi connectivity index (χ3v) is 6.17. The molecule has 2 aromatic rings. The van der Waals surface area contributed by atoms with Crippen LogP contribution in [0, 0.1) is 13.8 Å². The number of halogens is 1. The number of nitrogens with zero attached hydrogens (tertiary/aromatic N) is 1. The number of benzene rings is 2. The van der Waals surface area contributed by atoms with Crippen LogP contribution in [0.25, 0.3) is 0 Å². The Hall–Kier alpha value is -1.98. The lowest BCUT2D eigenvalue weighted by Crippen LogP contribution is -2.53. The quantitative estimate of drug-likeness (QED) is 0.491. The van der Waals surface area contributed by atoms with Gasteiger partial charge in [0.25, 0.3) is 0 Å². The zero-order valence-electron chi connectivity index (χ0n) is 20.0. The standard InChI is InChI=1S/C26H35ClN2O2S/c1-7-23(25(31)28-26(4,5)6)29(15-20-8-10-22(27)11-9-20)24(30)17-32-16-21-13-18(2)12-19(3)14-21/h8-14,23H,7,15-17H2,1-6H3,(H,28,31)/t23-/m0/s1. The van der Waals surface area contributed by atoms with Gasteiger partial charge in [-0.05, 0) is 64.3 Å². The second-order valence-corrected chi connectivity index (χ2v) is 10.7. The summed E-state index contributed by atoms with van der Waals surface area (Å²) in [7, 11) is 0. The van der Waals surface area contributed by atoms with Crippen LogP contribution < -0.4 is 5.32 Å². The van der Waals surface area contributed by atoms with Gasteiger partial charge in [0.05, 0.1) is 5.75 Å². The maximum absolute atomic E-state index is 13.3.